The monoisotopic (exact) mass is 302 g/mol. The number of phenolic OH excluding ortho intramolecular Hbond substituents is 1. The number of allylic oxidation sites excluding steroid dienone is 1. The summed E-state index contributed by atoms with van der Waals surface area (Å²) in [5, 5.41) is 9.57. The van der Waals surface area contributed by atoms with Crippen molar-refractivity contribution in [1.82, 2.24) is 0 Å². The highest BCUT2D eigenvalue weighted by atomic mass is 16.5. The van der Waals surface area contributed by atoms with Gasteiger partial charge in [0.1, 0.15) is 5.75 Å². The zero-order valence-electron chi connectivity index (χ0n) is 13.2. The van der Waals surface area contributed by atoms with Gasteiger partial charge in [-0.25, -0.2) is 4.79 Å². The Balaban J connectivity index is 2.06. The first-order chi connectivity index (χ1) is 10.7. The molecule has 22 heavy (non-hydrogen) atoms. The number of unbranched alkanes of at least 4 members (excludes halogenated alkanes) is 6. The van der Waals surface area contributed by atoms with Crippen LogP contribution in [0.5, 0.6) is 5.75 Å². The first kappa shape index (κ1) is 18.0. The summed E-state index contributed by atoms with van der Waals surface area (Å²) in [7, 11) is 0. The number of hydrogen-bond acceptors (Lipinski definition) is 3. The number of hydrogen-bond donors (Lipinski definition) is 1. The Hall–Kier alpha value is -2.03. The zero-order chi connectivity index (χ0) is 16.0. The number of carbonyl (C=O) groups excluding carboxylic acids is 1. The molecule has 120 valence electrons. The molecule has 0 atom stereocenters. The summed E-state index contributed by atoms with van der Waals surface area (Å²) >= 11 is 0. The van der Waals surface area contributed by atoms with Crippen molar-refractivity contribution >= 4 is 12.0 Å². The number of carbonyl (C=O) groups is 1. The van der Waals surface area contributed by atoms with Gasteiger partial charge in [0.2, 0.25) is 0 Å². The molecule has 3 heteroatoms. The first-order valence-electron chi connectivity index (χ1n) is 7.98. The molecular formula is C19H26O3. The summed E-state index contributed by atoms with van der Waals surface area (Å²) in [5.74, 6) is -0.211. The zero-order valence-corrected chi connectivity index (χ0v) is 13.2. The molecule has 0 bridgehead atoms. The fraction of sp³-hybridized carbons (Fsp3) is 0.421. The number of aromatic hydroxyl groups is 1. The molecule has 0 saturated carbocycles. The van der Waals surface area contributed by atoms with Gasteiger partial charge in [-0.1, -0.05) is 50.0 Å². The number of phenols is 1. The third-order valence-corrected chi connectivity index (χ3v) is 3.38. The van der Waals surface area contributed by atoms with E-state index in [0.717, 1.165) is 19.3 Å². The van der Waals surface area contributed by atoms with Gasteiger partial charge >= 0.3 is 5.97 Å². The van der Waals surface area contributed by atoms with Crippen molar-refractivity contribution in [3.8, 4) is 5.75 Å². The SMILES string of the molecule is C=CCCCCCCCCOC(=O)/C=C/c1ccccc1O. The molecule has 0 saturated heterocycles. The Bertz CT molecular complexity index is 477. The van der Waals surface area contributed by atoms with Gasteiger partial charge in [0.25, 0.3) is 0 Å². The maximum Gasteiger partial charge on any atom is 0.330 e. The topological polar surface area (TPSA) is 46.5 Å². The molecule has 0 heterocycles. The Morgan fingerprint density at radius 3 is 2.50 bits per heavy atom. The second-order valence-corrected chi connectivity index (χ2v) is 5.26. The number of benzene rings is 1. The molecule has 1 rings (SSSR count). The second kappa shape index (κ2) is 11.6. The van der Waals surface area contributed by atoms with E-state index in [1.807, 2.05) is 6.08 Å². The maximum atomic E-state index is 11.5. The number of rotatable bonds is 11. The van der Waals surface area contributed by atoms with E-state index in [2.05, 4.69) is 6.58 Å². The van der Waals surface area contributed by atoms with E-state index in [1.165, 1.54) is 31.8 Å². The maximum absolute atomic E-state index is 11.5. The van der Waals surface area contributed by atoms with E-state index >= 15 is 0 Å². The molecule has 0 unspecified atom stereocenters. The Morgan fingerprint density at radius 1 is 1.09 bits per heavy atom. The van der Waals surface area contributed by atoms with Gasteiger partial charge < -0.3 is 9.84 Å². The van der Waals surface area contributed by atoms with Crippen molar-refractivity contribution in [3.63, 3.8) is 0 Å². The average molecular weight is 302 g/mol. The van der Waals surface area contributed by atoms with Crippen LogP contribution >= 0.6 is 0 Å². The van der Waals surface area contributed by atoms with Crippen LogP contribution in [0.3, 0.4) is 0 Å². The summed E-state index contributed by atoms with van der Waals surface area (Å²) in [4.78, 5) is 11.5. The summed E-state index contributed by atoms with van der Waals surface area (Å²) < 4.78 is 5.13. The van der Waals surface area contributed by atoms with E-state index in [1.54, 1.807) is 30.3 Å². The van der Waals surface area contributed by atoms with Crippen LogP contribution in [0.4, 0.5) is 0 Å². The Labute approximate surface area is 133 Å². The van der Waals surface area contributed by atoms with Crippen LogP contribution in [-0.2, 0) is 9.53 Å². The van der Waals surface area contributed by atoms with Gasteiger partial charge in [0.15, 0.2) is 0 Å². The van der Waals surface area contributed by atoms with Crippen molar-refractivity contribution < 1.29 is 14.6 Å². The highest BCUT2D eigenvalue weighted by molar-refractivity contribution is 5.87. The third kappa shape index (κ3) is 8.30. The van der Waals surface area contributed by atoms with Gasteiger partial charge in [-0.15, -0.1) is 6.58 Å². The van der Waals surface area contributed by atoms with Gasteiger partial charge in [0, 0.05) is 11.6 Å². The molecule has 0 aliphatic carbocycles. The lowest BCUT2D eigenvalue weighted by Gasteiger charge is -2.03. The molecule has 0 fully saturated rings. The van der Waals surface area contributed by atoms with Crippen molar-refractivity contribution in [2.24, 2.45) is 0 Å². The standard InChI is InChI=1S/C19H26O3/c1-2-3-4-5-6-7-8-11-16-22-19(21)15-14-17-12-9-10-13-18(17)20/h2,9-10,12-15,20H,1,3-8,11,16H2/b15-14+. The van der Waals surface area contributed by atoms with Gasteiger partial charge in [-0.3, -0.25) is 0 Å². The van der Waals surface area contributed by atoms with E-state index in [0.29, 0.717) is 12.2 Å². The highest BCUT2D eigenvalue weighted by Crippen LogP contribution is 2.16. The Morgan fingerprint density at radius 2 is 1.77 bits per heavy atom. The van der Waals surface area contributed by atoms with Gasteiger partial charge in [-0.05, 0) is 31.4 Å². The van der Waals surface area contributed by atoms with Gasteiger partial charge in [0.05, 0.1) is 6.61 Å². The summed E-state index contributed by atoms with van der Waals surface area (Å²) in [6, 6.07) is 6.87. The van der Waals surface area contributed by atoms with Crippen molar-refractivity contribution in [3.05, 3.63) is 48.6 Å². The van der Waals surface area contributed by atoms with Crippen LogP contribution < -0.4 is 0 Å². The van der Waals surface area contributed by atoms with Crippen molar-refractivity contribution in [2.45, 2.75) is 44.9 Å². The van der Waals surface area contributed by atoms with Crippen molar-refractivity contribution in [1.29, 1.82) is 0 Å². The van der Waals surface area contributed by atoms with E-state index < -0.39 is 0 Å². The number of ether oxygens (including phenoxy) is 1. The Kier molecular flexibility index (Phi) is 9.51. The van der Waals surface area contributed by atoms with Crippen LogP contribution in [0.2, 0.25) is 0 Å². The predicted octanol–water partition coefficient (Wildman–Crippen LogP) is 4.87. The predicted molar refractivity (Wildman–Crippen MR) is 90.6 cm³/mol. The van der Waals surface area contributed by atoms with Crippen LogP contribution in [0.1, 0.15) is 50.5 Å². The molecule has 3 nitrogen and oxygen atoms in total. The molecule has 0 aliphatic rings. The molecule has 0 spiro atoms. The molecule has 0 aliphatic heterocycles. The fourth-order valence-electron chi connectivity index (χ4n) is 2.11. The summed E-state index contributed by atoms with van der Waals surface area (Å²) in [5.41, 5.74) is 0.610. The molecule has 0 radical (unpaired) electrons. The van der Waals surface area contributed by atoms with Gasteiger partial charge in [-0.2, -0.15) is 0 Å². The summed E-state index contributed by atoms with van der Waals surface area (Å²) in [6.07, 6.45) is 12.8. The number of esters is 1. The molecule has 0 amide bonds. The van der Waals surface area contributed by atoms with Crippen LogP contribution in [0.15, 0.2) is 43.0 Å². The van der Waals surface area contributed by atoms with E-state index in [9.17, 15) is 9.90 Å². The summed E-state index contributed by atoms with van der Waals surface area (Å²) in [6.45, 7) is 4.16. The molecule has 1 aromatic carbocycles. The minimum atomic E-state index is -0.366. The molecule has 0 aromatic heterocycles. The van der Waals surface area contributed by atoms with E-state index in [-0.39, 0.29) is 11.7 Å². The van der Waals surface area contributed by atoms with Crippen LogP contribution in [-0.4, -0.2) is 17.7 Å². The quantitative estimate of drug-likeness (QED) is 0.275. The minimum absolute atomic E-state index is 0.156. The highest BCUT2D eigenvalue weighted by Gasteiger charge is 1.99. The largest absolute Gasteiger partial charge is 0.507 e. The van der Waals surface area contributed by atoms with Crippen molar-refractivity contribution in [2.75, 3.05) is 6.61 Å². The molecule has 1 N–H and O–H groups in total. The minimum Gasteiger partial charge on any atom is -0.507 e. The number of para-hydroxylation sites is 1. The fourth-order valence-corrected chi connectivity index (χ4v) is 2.11. The first-order valence-corrected chi connectivity index (χ1v) is 7.98. The van der Waals surface area contributed by atoms with Crippen LogP contribution in [0, 0.1) is 0 Å². The normalized spacial score (nSPS) is 10.7. The lowest BCUT2D eigenvalue weighted by atomic mass is 10.1. The van der Waals surface area contributed by atoms with E-state index in [4.69, 9.17) is 4.74 Å². The van der Waals surface area contributed by atoms with Crippen LogP contribution in [0.25, 0.3) is 6.08 Å². The smallest absolute Gasteiger partial charge is 0.330 e. The second-order valence-electron chi connectivity index (χ2n) is 5.26. The molecule has 1 aromatic rings. The lowest BCUT2D eigenvalue weighted by Crippen LogP contribution is -2.02. The average Bonchev–Trinajstić information content (AvgIpc) is 2.52. The molecular weight excluding hydrogens is 276 g/mol. The lowest BCUT2D eigenvalue weighted by molar-refractivity contribution is -0.137. The third-order valence-electron chi connectivity index (χ3n) is 3.38.